The number of hydrogen-bond donors (Lipinski definition) is 3. The number of nitrogens with zero attached hydrogens (tertiary/aromatic N) is 1. The second-order valence-electron chi connectivity index (χ2n) is 6.79. The third kappa shape index (κ3) is 2.81. The van der Waals surface area contributed by atoms with Crippen molar-refractivity contribution in [2.24, 2.45) is 0 Å². The van der Waals surface area contributed by atoms with Crippen LogP contribution in [0.3, 0.4) is 0 Å². The molecule has 3 aromatic rings. The Hall–Kier alpha value is -3.22. The third-order valence-electron chi connectivity index (χ3n) is 4.96. The van der Waals surface area contributed by atoms with Crippen LogP contribution in [0.4, 0.5) is 0 Å². The number of aromatic amines is 2. The lowest BCUT2D eigenvalue weighted by molar-refractivity contribution is 0.0945. The molecule has 4 rings (SSSR count). The number of carbonyl (C=O) groups excluding carboxylic acids is 1. The van der Waals surface area contributed by atoms with Gasteiger partial charge in [0.15, 0.2) is 0 Å². The van der Waals surface area contributed by atoms with Gasteiger partial charge in [-0.15, -0.1) is 0 Å². The maximum Gasteiger partial charge on any atom is 0.327 e. The number of carbonyl (C=O) groups is 1. The molecule has 7 nitrogen and oxygen atoms in total. The van der Waals surface area contributed by atoms with Crippen molar-refractivity contribution in [3.63, 3.8) is 0 Å². The predicted molar refractivity (Wildman–Crippen MR) is 97.4 cm³/mol. The molecular weight excluding hydrogens is 332 g/mol. The number of benzene rings is 1. The number of aryl methyl sites for hydroxylation is 1. The largest absolute Gasteiger partial charge is 0.350 e. The lowest BCUT2D eigenvalue weighted by Crippen LogP contribution is -2.33. The minimum atomic E-state index is -0.645. The summed E-state index contributed by atoms with van der Waals surface area (Å²) in [6.07, 6.45) is 2.06. The Morgan fingerprint density at radius 2 is 1.92 bits per heavy atom. The van der Waals surface area contributed by atoms with Crippen LogP contribution >= 0.6 is 0 Å². The Balaban J connectivity index is 1.59. The van der Waals surface area contributed by atoms with E-state index in [4.69, 9.17) is 0 Å². The summed E-state index contributed by atoms with van der Waals surface area (Å²) in [5.41, 5.74) is 0.942. The first-order chi connectivity index (χ1) is 12.5. The van der Waals surface area contributed by atoms with Gasteiger partial charge in [0, 0.05) is 12.0 Å². The van der Waals surface area contributed by atoms with Gasteiger partial charge >= 0.3 is 5.69 Å². The topological polar surface area (TPSA) is 108 Å². The van der Waals surface area contributed by atoms with Crippen molar-refractivity contribution < 1.29 is 4.79 Å². The summed E-state index contributed by atoms with van der Waals surface area (Å²) < 4.78 is 0. The summed E-state index contributed by atoms with van der Waals surface area (Å²) in [6, 6.07) is 11.7. The van der Waals surface area contributed by atoms with Crippen LogP contribution in [0.5, 0.6) is 0 Å². The molecule has 0 unspecified atom stereocenters. The molecule has 0 bridgehead atoms. The molecule has 1 aliphatic rings. The Kier molecular flexibility index (Phi) is 3.72. The Labute approximate surface area is 148 Å². The molecule has 132 valence electrons. The molecular formula is C19H18N4O3. The minimum Gasteiger partial charge on any atom is -0.350 e. The van der Waals surface area contributed by atoms with Crippen LogP contribution in [0.1, 0.15) is 34.5 Å². The van der Waals surface area contributed by atoms with Gasteiger partial charge in [-0.25, -0.2) is 9.78 Å². The molecule has 7 heteroatoms. The lowest BCUT2D eigenvalue weighted by atomic mass is 9.96. The molecule has 0 spiro atoms. The van der Waals surface area contributed by atoms with E-state index in [-0.39, 0.29) is 28.0 Å². The zero-order valence-corrected chi connectivity index (χ0v) is 14.3. The average molecular weight is 350 g/mol. The highest BCUT2D eigenvalue weighted by atomic mass is 16.2. The van der Waals surface area contributed by atoms with E-state index in [9.17, 15) is 14.4 Å². The van der Waals surface area contributed by atoms with E-state index in [1.54, 1.807) is 13.0 Å². The number of aromatic nitrogens is 3. The van der Waals surface area contributed by atoms with Crippen molar-refractivity contribution in [3.8, 4) is 0 Å². The summed E-state index contributed by atoms with van der Waals surface area (Å²) in [5.74, 6) is -0.321. The second-order valence-corrected chi connectivity index (χ2v) is 6.79. The first-order valence-electron chi connectivity index (χ1n) is 8.46. The van der Waals surface area contributed by atoms with Crippen LogP contribution in [0.2, 0.25) is 0 Å². The van der Waals surface area contributed by atoms with Crippen molar-refractivity contribution in [1.29, 1.82) is 0 Å². The first kappa shape index (κ1) is 16.3. The van der Waals surface area contributed by atoms with E-state index in [0.29, 0.717) is 12.1 Å². The van der Waals surface area contributed by atoms with Gasteiger partial charge in [0.2, 0.25) is 0 Å². The molecule has 26 heavy (non-hydrogen) atoms. The number of amides is 1. The molecule has 1 saturated carbocycles. The fourth-order valence-corrected chi connectivity index (χ4v) is 3.32. The predicted octanol–water partition coefficient (Wildman–Crippen LogP) is 1.38. The summed E-state index contributed by atoms with van der Waals surface area (Å²) >= 11 is 0. The van der Waals surface area contributed by atoms with Gasteiger partial charge in [0.25, 0.3) is 11.5 Å². The molecule has 2 heterocycles. The van der Waals surface area contributed by atoms with E-state index in [1.807, 2.05) is 18.2 Å². The monoisotopic (exact) mass is 350 g/mol. The number of pyridine rings is 1. The van der Waals surface area contributed by atoms with E-state index in [1.165, 1.54) is 5.56 Å². The van der Waals surface area contributed by atoms with Crippen LogP contribution in [-0.4, -0.2) is 27.4 Å². The van der Waals surface area contributed by atoms with Crippen molar-refractivity contribution in [3.05, 3.63) is 74.1 Å². The fraction of sp³-hybridized carbons (Fsp3) is 0.263. The smallest absolute Gasteiger partial charge is 0.327 e. The number of fused-ring (bicyclic) bond motifs is 1. The van der Waals surface area contributed by atoms with Crippen molar-refractivity contribution in [2.75, 3.05) is 6.54 Å². The first-order valence-corrected chi connectivity index (χ1v) is 8.46. The van der Waals surface area contributed by atoms with Crippen LogP contribution in [-0.2, 0) is 5.41 Å². The fourth-order valence-electron chi connectivity index (χ4n) is 3.32. The van der Waals surface area contributed by atoms with Gasteiger partial charge in [-0.3, -0.25) is 19.6 Å². The average Bonchev–Trinajstić information content (AvgIpc) is 3.40. The second kappa shape index (κ2) is 5.94. The lowest BCUT2D eigenvalue weighted by Gasteiger charge is -2.16. The van der Waals surface area contributed by atoms with Crippen LogP contribution in [0.25, 0.3) is 11.0 Å². The van der Waals surface area contributed by atoms with E-state index < -0.39 is 11.2 Å². The third-order valence-corrected chi connectivity index (χ3v) is 4.96. The van der Waals surface area contributed by atoms with Gasteiger partial charge in [0.05, 0.1) is 5.39 Å². The molecule has 1 aromatic carbocycles. The maximum absolute atomic E-state index is 12.6. The van der Waals surface area contributed by atoms with E-state index >= 15 is 0 Å². The zero-order valence-electron chi connectivity index (χ0n) is 14.3. The highest BCUT2D eigenvalue weighted by Crippen LogP contribution is 2.47. The van der Waals surface area contributed by atoms with Crippen LogP contribution < -0.4 is 16.6 Å². The number of hydrogen-bond acceptors (Lipinski definition) is 4. The number of nitrogens with one attached hydrogen (secondary N) is 3. The summed E-state index contributed by atoms with van der Waals surface area (Å²) in [5, 5.41) is 3.22. The summed E-state index contributed by atoms with van der Waals surface area (Å²) in [6.45, 7) is 2.24. The van der Waals surface area contributed by atoms with Crippen LogP contribution in [0, 0.1) is 6.92 Å². The summed E-state index contributed by atoms with van der Waals surface area (Å²) in [4.78, 5) is 44.7. The molecule has 0 saturated heterocycles. The van der Waals surface area contributed by atoms with E-state index in [2.05, 4.69) is 32.4 Å². The highest BCUT2D eigenvalue weighted by molar-refractivity contribution is 5.95. The highest BCUT2D eigenvalue weighted by Gasteiger charge is 2.44. The molecule has 0 aliphatic heterocycles. The Bertz CT molecular complexity index is 1110. The number of rotatable bonds is 4. The van der Waals surface area contributed by atoms with Gasteiger partial charge < -0.3 is 5.32 Å². The standard InChI is InChI=1S/C19H18N4O3/c1-11-9-13(21-15-14(11)17(25)23-18(26)22-15)16(24)20-10-19(7-8-19)12-5-3-2-4-6-12/h2-6,9H,7-8,10H2,1H3,(H,20,24)(H2,21,22,23,25,26). The van der Waals surface area contributed by atoms with Gasteiger partial charge in [-0.1, -0.05) is 30.3 Å². The summed E-state index contributed by atoms with van der Waals surface area (Å²) in [7, 11) is 0. The molecule has 1 fully saturated rings. The Morgan fingerprint density at radius 1 is 1.19 bits per heavy atom. The normalized spacial score (nSPS) is 15.0. The number of H-pyrrole nitrogens is 2. The van der Waals surface area contributed by atoms with Crippen molar-refractivity contribution in [1.82, 2.24) is 20.3 Å². The zero-order chi connectivity index (χ0) is 18.3. The SMILES string of the molecule is Cc1cc(C(=O)NCC2(c3ccccc3)CC2)nc2[nH]c(=O)[nH]c(=O)c12. The molecule has 0 atom stereocenters. The van der Waals surface area contributed by atoms with Gasteiger partial charge in [-0.2, -0.15) is 0 Å². The van der Waals surface area contributed by atoms with E-state index in [0.717, 1.165) is 12.8 Å². The molecule has 1 amide bonds. The maximum atomic E-state index is 12.6. The molecule has 2 aromatic heterocycles. The van der Waals surface area contributed by atoms with Crippen molar-refractivity contribution in [2.45, 2.75) is 25.2 Å². The van der Waals surface area contributed by atoms with Gasteiger partial charge in [-0.05, 0) is 37.0 Å². The quantitative estimate of drug-likeness (QED) is 0.660. The minimum absolute atomic E-state index is 0.00568. The molecule has 3 N–H and O–H groups in total. The van der Waals surface area contributed by atoms with Gasteiger partial charge in [0.1, 0.15) is 11.3 Å². The van der Waals surface area contributed by atoms with Crippen molar-refractivity contribution >= 4 is 16.9 Å². The Morgan fingerprint density at radius 3 is 2.62 bits per heavy atom. The van der Waals surface area contributed by atoms with Crippen LogP contribution in [0.15, 0.2) is 46.0 Å². The molecule has 0 radical (unpaired) electrons. The molecule has 1 aliphatic carbocycles.